The summed E-state index contributed by atoms with van der Waals surface area (Å²) in [6, 6.07) is 5.81. The molecule has 0 saturated heterocycles. The second-order valence-corrected chi connectivity index (χ2v) is 8.01. The van der Waals surface area contributed by atoms with Crippen LogP contribution in [0.4, 0.5) is 16.3 Å². The number of hydrogen-bond acceptors (Lipinski definition) is 9. The quantitative estimate of drug-likeness (QED) is 0.282. The summed E-state index contributed by atoms with van der Waals surface area (Å²) in [6.45, 7) is 5.23. The Hall–Kier alpha value is -3.48. The van der Waals surface area contributed by atoms with E-state index < -0.39 is 11.8 Å². The molecule has 33 heavy (non-hydrogen) atoms. The second-order valence-electron chi connectivity index (χ2n) is 7.07. The van der Waals surface area contributed by atoms with Gasteiger partial charge < -0.3 is 21.7 Å². The van der Waals surface area contributed by atoms with Crippen molar-refractivity contribution in [2.24, 2.45) is 11.7 Å². The number of aromatic nitrogens is 5. The first kappa shape index (κ1) is 24.2. The van der Waals surface area contributed by atoms with Gasteiger partial charge in [-0.2, -0.15) is 9.97 Å². The van der Waals surface area contributed by atoms with Crippen LogP contribution >= 0.6 is 11.8 Å². The number of nitrogens with one attached hydrogen (secondary N) is 3. The molecule has 0 radical (unpaired) electrons. The molecule has 0 spiro atoms. The highest BCUT2D eigenvalue weighted by atomic mass is 32.2. The Balaban J connectivity index is 1.61. The van der Waals surface area contributed by atoms with Crippen molar-refractivity contribution in [2.45, 2.75) is 25.4 Å². The molecule has 0 saturated carbocycles. The fourth-order valence-electron chi connectivity index (χ4n) is 2.99. The lowest BCUT2D eigenvalue weighted by Crippen LogP contribution is -2.38. The number of amides is 2. The SMILES string of the molecule is CCNc1nc(NCC)n2c(SCC(=O)NCC(Cc3ccc(F)cc3)C(N)=O)nnc2n1. The van der Waals surface area contributed by atoms with Gasteiger partial charge in [-0.25, -0.2) is 8.79 Å². The Morgan fingerprint density at radius 1 is 1.12 bits per heavy atom. The predicted octanol–water partition coefficient (Wildman–Crippen LogP) is 1.07. The van der Waals surface area contributed by atoms with E-state index in [4.69, 9.17) is 5.73 Å². The number of hydrogen-bond donors (Lipinski definition) is 4. The van der Waals surface area contributed by atoms with Gasteiger partial charge in [0.2, 0.25) is 23.7 Å². The highest BCUT2D eigenvalue weighted by molar-refractivity contribution is 7.99. The maximum absolute atomic E-state index is 13.1. The summed E-state index contributed by atoms with van der Waals surface area (Å²) in [4.78, 5) is 32.9. The summed E-state index contributed by atoms with van der Waals surface area (Å²) in [6.07, 6.45) is 0.301. The molecule has 2 aromatic heterocycles. The van der Waals surface area contributed by atoms with E-state index in [0.717, 1.165) is 5.56 Å². The van der Waals surface area contributed by atoms with Crippen molar-refractivity contribution >= 4 is 41.3 Å². The fraction of sp³-hybridized carbons (Fsp3) is 0.400. The number of benzene rings is 1. The second kappa shape index (κ2) is 11.4. The summed E-state index contributed by atoms with van der Waals surface area (Å²) in [7, 11) is 0. The molecule has 1 aromatic carbocycles. The molecule has 2 amide bonds. The highest BCUT2D eigenvalue weighted by Crippen LogP contribution is 2.21. The molecule has 5 N–H and O–H groups in total. The number of nitrogens with two attached hydrogens (primary N) is 1. The number of carbonyl (C=O) groups is 2. The smallest absolute Gasteiger partial charge is 0.261 e. The van der Waals surface area contributed by atoms with Gasteiger partial charge in [-0.05, 0) is 38.0 Å². The number of fused-ring (bicyclic) bond motifs is 1. The van der Waals surface area contributed by atoms with Gasteiger partial charge in [0.15, 0.2) is 5.16 Å². The molecule has 11 nitrogen and oxygen atoms in total. The predicted molar refractivity (Wildman–Crippen MR) is 123 cm³/mol. The Morgan fingerprint density at radius 2 is 1.85 bits per heavy atom. The molecule has 0 bridgehead atoms. The Morgan fingerprint density at radius 3 is 2.52 bits per heavy atom. The lowest BCUT2D eigenvalue weighted by molar-refractivity contribution is -0.122. The van der Waals surface area contributed by atoms with Crippen molar-refractivity contribution in [1.82, 2.24) is 29.9 Å². The molecular formula is C20H26FN9O2S. The molecule has 13 heteroatoms. The lowest BCUT2D eigenvalue weighted by Gasteiger charge is -2.14. The van der Waals surface area contributed by atoms with Crippen molar-refractivity contribution in [3.63, 3.8) is 0 Å². The van der Waals surface area contributed by atoms with Crippen molar-refractivity contribution in [3.8, 4) is 0 Å². The van der Waals surface area contributed by atoms with Crippen molar-refractivity contribution in [2.75, 3.05) is 36.0 Å². The van der Waals surface area contributed by atoms with Crippen LogP contribution < -0.4 is 21.7 Å². The van der Waals surface area contributed by atoms with Crippen molar-refractivity contribution in [1.29, 1.82) is 0 Å². The van der Waals surface area contributed by atoms with Crippen LogP contribution in [0.2, 0.25) is 0 Å². The molecule has 1 atom stereocenters. The van der Waals surface area contributed by atoms with Crippen LogP contribution in [0.1, 0.15) is 19.4 Å². The monoisotopic (exact) mass is 475 g/mol. The molecular weight excluding hydrogens is 449 g/mol. The first-order chi connectivity index (χ1) is 15.9. The minimum atomic E-state index is -0.614. The zero-order chi connectivity index (χ0) is 23.8. The van der Waals surface area contributed by atoms with E-state index in [1.807, 2.05) is 13.8 Å². The summed E-state index contributed by atoms with van der Waals surface area (Å²) in [5.41, 5.74) is 6.23. The zero-order valence-corrected chi connectivity index (χ0v) is 19.2. The molecule has 176 valence electrons. The van der Waals surface area contributed by atoms with Crippen LogP contribution in [0.15, 0.2) is 29.4 Å². The van der Waals surface area contributed by atoms with E-state index in [1.54, 1.807) is 16.5 Å². The van der Waals surface area contributed by atoms with Gasteiger partial charge in [-0.1, -0.05) is 23.9 Å². The Bertz CT molecular complexity index is 1110. The standard InChI is InChI=1S/C20H26FN9O2S/c1-3-23-17-26-18(24-4-2)30-19(27-17)28-29-20(30)33-11-15(31)25-10-13(16(22)32)9-12-5-7-14(21)8-6-12/h5-8,13H,3-4,9-11H2,1-2H3,(H2,22,32)(H,25,31)(H2,23,24,26,27,28). The minimum Gasteiger partial charge on any atom is -0.369 e. The average molecular weight is 476 g/mol. The van der Waals surface area contributed by atoms with Crippen LogP contribution in [0, 0.1) is 11.7 Å². The van der Waals surface area contributed by atoms with Crippen LogP contribution in [0.5, 0.6) is 0 Å². The van der Waals surface area contributed by atoms with Crippen LogP contribution in [0.25, 0.3) is 5.78 Å². The minimum absolute atomic E-state index is 0.0450. The van der Waals surface area contributed by atoms with E-state index in [2.05, 4.69) is 36.1 Å². The molecule has 0 aliphatic rings. The average Bonchev–Trinajstić information content (AvgIpc) is 3.20. The largest absolute Gasteiger partial charge is 0.369 e. The number of thioether (sulfide) groups is 1. The summed E-state index contributed by atoms with van der Waals surface area (Å²) in [5, 5.41) is 17.6. The summed E-state index contributed by atoms with van der Waals surface area (Å²) >= 11 is 1.17. The zero-order valence-electron chi connectivity index (χ0n) is 18.3. The summed E-state index contributed by atoms with van der Waals surface area (Å²) < 4.78 is 14.7. The van der Waals surface area contributed by atoms with Crippen LogP contribution in [0.3, 0.4) is 0 Å². The molecule has 0 aliphatic carbocycles. The van der Waals surface area contributed by atoms with E-state index in [0.29, 0.717) is 42.3 Å². The lowest BCUT2D eigenvalue weighted by atomic mass is 9.98. The molecule has 3 aromatic rings. The number of primary amides is 1. The normalized spacial score (nSPS) is 11.8. The van der Waals surface area contributed by atoms with E-state index in [1.165, 1.54) is 23.9 Å². The third-order valence-corrected chi connectivity index (χ3v) is 5.52. The molecule has 2 heterocycles. The highest BCUT2D eigenvalue weighted by Gasteiger charge is 2.19. The van der Waals surface area contributed by atoms with E-state index in [-0.39, 0.29) is 24.0 Å². The van der Waals surface area contributed by atoms with E-state index in [9.17, 15) is 14.0 Å². The van der Waals surface area contributed by atoms with Gasteiger partial charge in [0.05, 0.1) is 11.7 Å². The summed E-state index contributed by atoms with van der Waals surface area (Å²) in [5.74, 6) is -0.466. The van der Waals surface area contributed by atoms with Crippen LogP contribution in [-0.4, -0.2) is 61.8 Å². The molecule has 0 aliphatic heterocycles. The van der Waals surface area contributed by atoms with E-state index >= 15 is 0 Å². The number of carbonyl (C=O) groups excluding carboxylic acids is 2. The number of halogens is 1. The number of rotatable bonds is 12. The van der Waals surface area contributed by atoms with Crippen molar-refractivity contribution in [3.05, 3.63) is 35.6 Å². The number of nitrogens with zero attached hydrogens (tertiary/aromatic N) is 5. The van der Waals surface area contributed by atoms with Gasteiger partial charge in [-0.15, -0.1) is 10.2 Å². The number of anilines is 2. The van der Waals surface area contributed by atoms with Crippen LogP contribution in [-0.2, 0) is 16.0 Å². The Labute approximate surface area is 194 Å². The van der Waals surface area contributed by atoms with Gasteiger partial charge in [0.25, 0.3) is 5.78 Å². The Kier molecular flexibility index (Phi) is 8.35. The van der Waals surface area contributed by atoms with Gasteiger partial charge in [-0.3, -0.25) is 9.59 Å². The fourth-order valence-corrected chi connectivity index (χ4v) is 3.75. The first-order valence-corrected chi connectivity index (χ1v) is 11.4. The third kappa shape index (κ3) is 6.51. The molecule has 3 rings (SSSR count). The van der Waals surface area contributed by atoms with Gasteiger partial charge in [0.1, 0.15) is 5.82 Å². The topological polar surface area (TPSA) is 152 Å². The van der Waals surface area contributed by atoms with Gasteiger partial charge in [0, 0.05) is 19.6 Å². The van der Waals surface area contributed by atoms with Crippen molar-refractivity contribution < 1.29 is 14.0 Å². The molecule has 1 unspecified atom stereocenters. The maximum atomic E-state index is 13.1. The third-order valence-electron chi connectivity index (χ3n) is 4.59. The van der Waals surface area contributed by atoms with Gasteiger partial charge >= 0.3 is 0 Å². The maximum Gasteiger partial charge on any atom is 0.261 e. The molecule has 0 fully saturated rings. The first-order valence-electron chi connectivity index (χ1n) is 10.4.